The summed E-state index contributed by atoms with van der Waals surface area (Å²) in [6.07, 6.45) is 1.23. The van der Waals surface area contributed by atoms with Gasteiger partial charge in [0.25, 0.3) is 0 Å². The first-order valence-corrected chi connectivity index (χ1v) is 4.49. The number of carbonyl (C=O) groups excluding carboxylic acids is 1. The molecule has 2 heteroatoms. The summed E-state index contributed by atoms with van der Waals surface area (Å²) < 4.78 is 0. The van der Waals surface area contributed by atoms with Gasteiger partial charge in [-0.05, 0) is 38.0 Å². The Morgan fingerprint density at radius 3 is 2.43 bits per heavy atom. The number of aryl methyl sites for hydroxylation is 2. The molecule has 0 unspecified atom stereocenters. The third kappa shape index (κ3) is 2.46. The Morgan fingerprint density at radius 2 is 1.93 bits per heavy atom. The van der Waals surface area contributed by atoms with Gasteiger partial charge in [-0.2, -0.15) is 0 Å². The lowest BCUT2D eigenvalue weighted by Crippen LogP contribution is -1.90. The van der Waals surface area contributed by atoms with Gasteiger partial charge in [-0.15, -0.1) is 0 Å². The van der Waals surface area contributed by atoms with Crippen molar-refractivity contribution in [2.45, 2.75) is 20.8 Å². The van der Waals surface area contributed by atoms with E-state index in [9.17, 15) is 9.90 Å². The topological polar surface area (TPSA) is 37.3 Å². The third-order valence-corrected chi connectivity index (χ3v) is 2.14. The van der Waals surface area contributed by atoms with Crippen molar-refractivity contribution >= 4 is 11.5 Å². The number of carbonyl (C=O) groups is 1. The van der Waals surface area contributed by atoms with Crippen LogP contribution in [0.2, 0.25) is 0 Å². The first kappa shape index (κ1) is 10.5. The van der Waals surface area contributed by atoms with Crippen LogP contribution in [0.15, 0.2) is 24.3 Å². The Labute approximate surface area is 83.9 Å². The van der Waals surface area contributed by atoms with Crippen molar-refractivity contribution in [1.82, 2.24) is 0 Å². The van der Waals surface area contributed by atoms with Crippen molar-refractivity contribution in [2.24, 2.45) is 0 Å². The smallest absolute Gasteiger partial charge is 0.156 e. The predicted molar refractivity (Wildman–Crippen MR) is 57.2 cm³/mol. The molecule has 0 atom stereocenters. The summed E-state index contributed by atoms with van der Waals surface area (Å²) in [6.45, 7) is 5.39. The summed E-state index contributed by atoms with van der Waals surface area (Å²) in [6, 6.07) is 5.59. The van der Waals surface area contributed by atoms with E-state index in [1.807, 2.05) is 26.0 Å². The van der Waals surface area contributed by atoms with Crippen LogP contribution < -0.4 is 0 Å². The second kappa shape index (κ2) is 4.09. The Bertz CT molecular complexity index is 389. The molecule has 14 heavy (non-hydrogen) atoms. The second-order valence-corrected chi connectivity index (χ2v) is 3.44. The number of benzene rings is 1. The summed E-state index contributed by atoms with van der Waals surface area (Å²) in [4.78, 5) is 10.7. The van der Waals surface area contributed by atoms with Gasteiger partial charge in [0.1, 0.15) is 5.76 Å². The van der Waals surface area contributed by atoms with Crippen molar-refractivity contribution < 1.29 is 9.90 Å². The zero-order valence-corrected chi connectivity index (χ0v) is 8.66. The van der Waals surface area contributed by atoms with E-state index in [-0.39, 0.29) is 11.5 Å². The van der Waals surface area contributed by atoms with Gasteiger partial charge in [-0.3, -0.25) is 4.79 Å². The molecule has 74 valence electrons. The number of allylic oxidation sites excluding steroid dienone is 1. The van der Waals surface area contributed by atoms with Gasteiger partial charge in [0.15, 0.2) is 5.78 Å². The van der Waals surface area contributed by atoms with Crippen LogP contribution in [0.1, 0.15) is 23.6 Å². The number of rotatable bonds is 2. The minimum absolute atomic E-state index is 0.0283. The fraction of sp³-hybridized carbons (Fsp3) is 0.250. The molecule has 2 nitrogen and oxygen atoms in total. The van der Waals surface area contributed by atoms with E-state index in [4.69, 9.17) is 0 Å². The van der Waals surface area contributed by atoms with Crippen LogP contribution >= 0.6 is 0 Å². The number of hydrogen-bond acceptors (Lipinski definition) is 2. The fourth-order valence-corrected chi connectivity index (χ4v) is 1.18. The summed E-state index contributed by atoms with van der Waals surface area (Å²) in [5.41, 5.74) is 2.96. The highest BCUT2D eigenvalue weighted by molar-refractivity contribution is 5.93. The highest BCUT2D eigenvalue weighted by Gasteiger charge is 2.01. The molecule has 0 saturated heterocycles. The first-order chi connectivity index (χ1) is 6.50. The quantitative estimate of drug-likeness (QED) is 0.575. The molecular weight excluding hydrogens is 176 g/mol. The maximum Gasteiger partial charge on any atom is 0.156 e. The molecule has 0 saturated carbocycles. The van der Waals surface area contributed by atoms with Crippen LogP contribution in [-0.4, -0.2) is 10.9 Å². The van der Waals surface area contributed by atoms with Crippen molar-refractivity contribution in [3.63, 3.8) is 0 Å². The molecule has 0 fully saturated rings. The Kier molecular flexibility index (Phi) is 3.07. The minimum atomic E-state index is -0.152. The van der Waals surface area contributed by atoms with Crippen LogP contribution in [0.5, 0.6) is 0 Å². The average molecular weight is 190 g/mol. The van der Waals surface area contributed by atoms with Crippen molar-refractivity contribution in [3.8, 4) is 0 Å². The Balaban J connectivity index is 3.09. The first-order valence-electron chi connectivity index (χ1n) is 4.49. The van der Waals surface area contributed by atoms with E-state index in [0.717, 1.165) is 5.56 Å². The van der Waals surface area contributed by atoms with Crippen LogP contribution in [-0.2, 0) is 4.79 Å². The lowest BCUT2D eigenvalue weighted by Gasteiger charge is -2.03. The fourth-order valence-electron chi connectivity index (χ4n) is 1.18. The van der Waals surface area contributed by atoms with E-state index in [2.05, 4.69) is 0 Å². The average Bonchev–Trinajstić information content (AvgIpc) is 2.08. The van der Waals surface area contributed by atoms with Crippen LogP contribution in [0.25, 0.3) is 5.76 Å². The van der Waals surface area contributed by atoms with Gasteiger partial charge in [0, 0.05) is 11.6 Å². The highest BCUT2D eigenvalue weighted by Crippen LogP contribution is 2.15. The van der Waals surface area contributed by atoms with Crippen molar-refractivity contribution in [3.05, 3.63) is 41.0 Å². The van der Waals surface area contributed by atoms with Gasteiger partial charge in [0.05, 0.1) is 0 Å². The van der Waals surface area contributed by atoms with Crippen molar-refractivity contribution in [1.29, 1.82) is 0 Å². The molecule has 0 bridgehead atoms. The Hall–Kier alpha value is -1.57. The van der Waals surface area contributed by atoms with Gasteiger partial charge < -0.3 is 5.11 Å². The standard InChI is InChI=1S/C12H14O2/c1-8-4-5-11(6-9(8)2)12(14)7-10(3)13/h4-7,14H,1-3H3. The number of ketones is 1. The van der Waals surface area contributed by atoms with Gasteiger partial charge >= 0.3 is 0 Å². The lowest BCUT2D eigenvalue weighted by molar-refractivity contribution is -0.112. The molecule has 1 N–H and O–H groups in total. The molecule has 0 aromatic heterocycles. The molecule has 0 amide bonds. The molecule has 1 aromatic rings. The third-order valence-electron chi connectivity index (χ3n) is 2.14. The predicted octanol–water partition coefficient (Wildman–Crippen LogP) is 2.79. The maximum absolute atomic E-state index is 10.7. The molecule has 0 heterocycles. The summed E-state index contributed by atoms with van der Waals surface area (Å²) >= 11 is 0. The molecule has 0 spiro atoms. The van der Waals surface area contributed by atoms with Gasteiger partial charge in [-0.1, -0.05) is 12.1 Å². The van der Waals surface area contributed by atoms with Gasteiger partial charge in [0.2, 0.25) is 0 Å². The van der Waals surface area contributed by atoms with E-state index in [1.54, 1.807) is 6.07 Å². The van der Waals surface area contributed by atoms with E-state index < -0.39 is 0 Å². The minimum Gasteiger partial charge on any atom is -0.507 e. The second-order valence-electron chi connectivity index (χ2n) is 3.44. The largest absolute Gasteiger partial charge is 0.507 e. The molecule has 0 aliphatic rings. The van der Waals surface area contributed by atoms with E-state index in [0.29, 0.717) is 5.56 Å². The molecule has 1 rings (SSSR count). The molecular formula is C12H14O2. The normalized spacial score (nSPS) is 11.5. The molecule has 0 radical (unpaired) electrons. The van der Waals surface area contributed by atoms with Crippen LogP contribution in [0.3, 0.4) is 0 Å². The monoisotopic (exact) mass is 190 g/mol. The number of aliphatic hydroxyl groups is 1. The SMILES string of the molecule is CC(=O)C=C(O)c1ccc(C)c(C)c1. The van der Waals surface area contributed by atoms with Gasteiger partial charge in [-0.25, -0.2) is 0 Å². The Morgan fingerprint density at radius 1 is 1.29 bits per heavy atom. The number of aliphatic hydroxyl groups excluding tert-OH is 1. The maximum atomic E-state index is 10.7. The van der Waals surface area contributed by atoms with E-state index in [1.165, 1.54) is 18.6 Å². The number of hydrogen-bond donors (Lipinski definition) is 1. The zero-order valence-electron chi connectivity index (χ0n) is 8.66. The van der Waals surface area contributed by atoms with Crippen LogP contribution in [0, 0.1) is 13.8 Å². The van der Waals surface area contributed by atoms with E-state index >= 15 is 0 Å². The summed E-state index contributed by atoms with van der Waals surface area (Å²) in [7, 11) is 0. The zero-order chi connectivity index (χ0) is 10.7. The molecule has 0 aliphatic carbocycles. The van der Waals surface area contributed by atoms with Crippen LogP contribution in [0.4, 0.5) is 0 Å². The highest BCUT2D eigenvalue weighted by atomic mass is 16.3. The summed E-state index contributed by atoms with van der Waals surface area (Å²) in [5, 5.41) is 9.55. The molecule has 0 aliphatic heterocycles. The molecule has 1 aromatic carbocycles. The lowest BCUT2D eigenvalue weighted by atomic mass is 10.0. The van der Waals surface area contributed by atoms with Crippen molar-refractivity contribution in [2.75, 3.05) is 0 Å². The summed E-state index contributed by atoms with van der Waals surface area (Å²) in [5.74, 6) is -0.124.